The van der Waals surface area contributed by atoms with Crippen molar-refractivity contribution >= 4 is 22.6 Å². The SMILES string of the molecule is CC1(C(=O)Nc2ccnc3cn[nH]c23)CC1. The van der Waals surface area contributed by atoms with Crippen LogP contribution in [0.3, 0.4) is 0 Å². The first-order valence-electron chi connectivity index (χ1n) is 5.29. The van der Waals surface area contributed by atoms with E-state index in [2.05, 4.69) is 20.5 Å². The number of H-pyrrole nitrogens is 1. The van der Waals surface area contributed by atoms with E-state index in [0.29, 0.717) is 0 Å². The normalized spacial score (nSPS) is 17.3. The highest BCUT2D eigenvalue weighted by atomic mass is 16.2. The number of anilines is 1. The van der Waals surface area contributed by atoms with Gasteiger partial charge >= 0.3 is 0 Å². The van der Waals surface area contributed by atoms with Crippen LogP contribution in [0.15, 0.2) is 18.5 Å². The van der Waals surface area contributed by atoms with Gasteiger partial charge in [0, 0.05) is 11.6 Å². The Morgan fingerprint density at radius 1 is 1.56 bits per heavy atom. The van der Waals surface area contributed by atoms with Gasteiger partial charge in [-0.25, -0.2) is 0 Å². The monoisotopic (exact) mass is 216 g/mol. The van der Waals surface area contributed by atoms with Crippen LogP contribution in [0.2, 0.25) is 0 Å². The number of nitrogens with zero attached hydrogens (tertiary/aromatic N) is 2. The fraction of sp³-hybridized carbons (Fsp3) is 0.364. The first-order chi connectivity index (χ1) is 7.69. The van der Waals surface area contributed by atoms with Gasteiger partial charge in [0.2, 0.25) is 5.91 Å². The topological polar surface area (TPSA) is 70.7 Å². The predicted molar refractivity (Wildman–Crippen MR) is 59.9 cm³/mol. The molecule has 16 heavy (non-hydrogen) atoms. The van der Waals surface area contributed by atoms with E-state index in [-0.39, 0.29) is 11.3 Å². The molecule has 1 fully saturated rings. The largest absolute Gasteiger partial charge is 0.324 e. The zero-order valence-electron chi connectivity index (χ0n) is 8.95. The minimum atomic E-state index is -0.171. The minimum absolute atomic E-state index is 0.0783. The maximum absolute atomic E-state index is 11.9. The summed E-state index contributed by atoms with van der Waals surface area (Å²) in [5, 5.41) is 9.67. The fourth-order valence-corrected chi connectivity index (χ4v) is 1.64. The van der Waals surface area contributed by atoms with Crippen LogP contribution in [-0.2, 0) is 4.79 Å². The zero-order valence-corrected chi connectivity index (χ0v) is 8.95. The smallest absolute Gasteiger partial charge is 0.230 e. The lowest BCUT2D eigenvalue weighted by Gasteiger charge is -2.09. The maximum Gasteiger partial charge on any atom is 0.230 e. The van der Waals surface area contributed by atoms with E-state index in [9.17, 15) is 4.79 Å². The number of nitrogens with one attached hydrogen (secondary N) is 2. The quantitative estimate of drug-likeness (QED) is 0.802. The molecular weight excluding hydrogens is 204 g/mol. The fourth-order valence-electron chi connectivity index (χ4n) is 1.64. The molecule has 0 spiro atoms. The summed E-state index contributed by atoms with van der Waals surface area (Å²) in [5.41, 5.74) is 2.12. The molecule has 2 heterocycles. The summed E-state index contributed by atoms with van der Waals surface area (Å²) in [5.74, 6) is 0.0783. The van der Waals surface area contributed by atoms with Crippen molar-refractivity contribution in [2.75, 3.05) is 5.32 Å². The van der Waals surface area contributed by atoms with Crippen LogP contribution in [0.25, 0.3) is 11.0 Å². The van der Waals surface area contributed by atoms with Crippen LogP contribution in [0.5, 0.6) is 0 Å². The first-order valence-corrected chi connectivity index (χ1v) is 5.29. The number of aromatic nitrogens is 3. The third-order valence-electron chi connectivity index (χ3n) is 3.14. The summed E-state index contributed by atoms with van der Waals surface area (Å²) in [6.45, 7) is 1.98. The lowest BCUT2D eigenvalue weighted by molar-refractivity contribution is -0.120. The Kier molecular flexibility index (Phi) is 1.77. The van der Waals surface area contributed by atoms with Gasteiger partial charge in [-0.05, 0) is 18.9 Å². The Balaban J connectivity index is 1.94. The molecular formula is C11H12N4O. The van der Waals surface area contributed by atoms with Gasteiger partial charge in [-0.15, -0.1) is 0 Å². The second-order valence-corrected chi connectivity index (χ2v) is 4.50. The maximum atomic E-state index is 11.9. The number of carbonyl (C=O) groups excluding carboxylic acids is 1. The molecule has 0 aromatic carbocycles. The molecule has 0 saturated heterocycles. The van der Waals surface area contributed by atoms with E-state index in [0.717, 1.165) is 29.6 Å². The van der Waals surface area contributed by atoms with Gasteiger partial charge in [0.15, 0.2) is 0 Å². The van der Waals surface area contributed by atoms with Crippen molar-refractivity contribution in [2.45, 2.75) is 19.8 Å². The van der Waals surface area contributed by atoms with Crippen LogP contribution in [-0.4, -0.2) is 21.1 Å². The molecule has 82 valence electrons. The third-order valence-corrected chi connectivity index (χ3v) is 3.14. The van der Waals surface area contributed by atoms with Crippen molar-refractivity contribution in [1.82, 2.24) is 15.2 Å². The van der Waals surface area contributed by atoms with Crippen molar-refractivity contribution in [1.29, 1.82) is 0 Å². The lowest BCUT2D eigenvalue weighted by atomic mass is 10.1. The van der Waals surface area contributed by atoms with Crippen molar-refractivity contribution in [3.8, 4) is 0 Å². The summed E-state index contributed by atoms with van der Waals surface area (Å²) in [4.78, 5) is 16.0. The van der Waals surface area contributed by atoms with Crippen molar-refractivity contribution < 1.29 is 4.79 Å². The number of pyridine rings is 1. The highest BCUT2D eigenvalue weighted by Gasteiger charge is 2.44. The van der Waals surface area contributed by atoms with E-state index in [1.165, 1.54) is 0 Å². The predicted octanol–water partition coefficient (Wildman–Crippen LogP) is 1.70. The van der Waals surface area contributed by atoms with Gasteiger partial charge in [-0.1, -0.05) is 6.92 Å². The van der Waals surface area contributed by atoms with Gasteiger partial charge in [0.05, 0.1) is 11.9 Å². The van der Waals surface area contributed by atoms with Crippen LogP contribution >= 0.6 is 0 Å². The van der Waals surface area contributed by atoms with E-state index in [1.54, 1.807) is 18.5 Å². The van der Waals surface area contributed by atoms with Crippen LogP contribution < -0.4 is 5.32 Å². The molecule has 1 amide bonds. The minimum Gasteiger partial charge on any atom is -0.324 e. The first kappa shape index (κ1) is 9.33. The van der Waals surface area contributed by atoms with Gasteiger partial charge in [-0.2, -0.15) is 5.10 Å². The summed E-state index contributed by atoms with van der Waals surface area (Å²) >= 11 is 0. The summed E-state index contributed by atoms with van der Waals surface area (Å²) in [6, 6.07) is 1.78. The Bertz CT molecular complexity index is 556. The Labute approximate surface area is 92.3 Å². The van der Waals surface area contributed by atoms with Crippen molar-refractivity contribution in [2.24, 2.45) is 5.41 Å². The average molecular weight is 216 g/mol. The van der Waals surface area contributed by atoms with Crippen LogP contribution in [0.4, 0.5) is 5.69 Å². The number of carbonyl (C=O) groups is 1. The molecule has 0 unspecified atom stereocenters. The molecule has 2 aromatic rings. The standard InChI is InChI=1S/C11H12N4O/c1-11(3-4-11)10(16)14-7-2-5-12-8-6-13-15-9(7)8/h2,5-6H,3-4H2,1H3,(H,13,15)(H,12,14,16). The van der Waals surface area contributed by atoms with Gasteiger partial charge in [0.1, 0.15) is 11.0 Å². The summed E-state index contributed by atoms with van der Waals surface area (Å²) in [6.07, 6.45) is 5.25. The number of aromatic amines is 1. The number of hydrogen-bond acceptors (Lipinski definition) is 3. The molecule has 0 bridgehead atoms. The summed E-state index contributed by atoms with van der Waals surface area (Å²) < 4.78 is 0. The molecule has 2 N–H and O–H groups in total. The molecule has 1 aliphatic rings. The Hall–Kier alpha value is -1.91. The second-order valence-electron chi connectivity index (χ2n) is 4.50. The highest BCUT2D eigenvalue weighted by molar-refractivity contribution is 6.02. The van der Waals surface area contributed by atoms with Gasteiger partial charge in [0.25, 0.3) is 0 Å². The molecule has 1 aliphatic carbocycles. The molecule has 2 aromatic heterocycles. The molecule has 5 nitrogen and oxygen atoms in total. The van der Waals surface area contributed by atoms with Crippen LogP contribution in [0, 0.1) is 5.41 Å². The molecule has 0 radical (unpaired) electrons. The number of fused-ring (bicyclic) bond motifs is 1. The van der Waals surface area contributed by atoms with Crippen molar-refractivity contribution in [3.05, 3.63) is 18.5 Å². The zero-order chi connectivity index (χ0) is 11.2. The van der Waals surface area contributed by atoms with Crippen LogP contribution in [0.1, 0.15) is 19.8 Å². The molecule has 5 heteroatoms. The number of rotatable bonds is 2. The average Bonchev–Trinajstić information content (AvgIpc) is 2.85. The second kappa shape index (κ2) is 3.04. The van der Waals surface area contributed by atoms with E-state index < -0.39 is 0 Å². The molecule has 1 saturated carbocycles. The molecule has 0 aliphatic heterocycles. The van der Waals surface area contributed by atoms with E-state index >= 15 is 0 Å². The van der Waals surface area contributed by atoms with E-state index in [4.69, 9.17) is 0 Å². The van der Waals surface area contributed by atoms with E-state index in [1.807, 2.05) is 6.92 Å². The Morgan fingerprint density at radius 2 is 2.38 bits per heavy atom. The Morgan fingerprint density at radius 3 is 3.12 bits per heavy atom. The lowest BCUT2D eigenvalue weighted by Crippen LogP contribution is -2.21. The molecule has 0 atom stereocenters. The number of hydrogen-bond donors (Lipinski definition) is 2. The summed E-state index contributed by atoms with van der Waals surface area (Å²) in [7, 11) is 0. The van der Waals surface area contributed by atoms with Gasteiger partial charge in [-0.3, -0.25) is 14.9 Å². The number of amides is 1. The third kappa shape index (κ3) is 1.36. The molecule has 3 rings (SSSR count). The highest BCUT2D eigenvalue weighted by Crippen LogP contribution is 2.45. The van der Waals surface area contributed by atoms with Crippen molar-refractivity contribution in [3.63, 3.8) is 0 Å². The van der Waals surface area contributed by atoms with Gasteiger partial charge < -0.3 is 5.32 Å².